The van der Waals surface area contributed by atoms with Crippen LogP contribution in [0.3, 0.4) is 0 Å². The number of benzene rings is 2. The first kappa shape index (κ1) is 13.0. The standard InChI is InChI=1S/C15H16O2S/c1-15(2,12-7-4-3-5-8-12)13-9-6-10-14(11-13)18(16)17/h3-11H,1-2H3,(H,16,17). The van der Waals surface area contributed by atoms with E-state index in [0.717, 1.165) is 5.56 Å². The summed E-state index contributed by atoms with van der Waals surface area (Å²) in [5.74, 6) is 0. The minimum absolute atomic E-state index is 0.184. The molecule has 1 atom stereocenters. The van der Waals surface area contributed by atoms with Gasteiger partial charge < -0.3 is 4.55 Å². The first-order chi connectivity index (χ1) is 8.51. The predicted octanol–water partition coefficient (Wildman–Crippen LogP) is 3.59. The van der Waals surface area contributed by atoms with E-state index in [-0.39, 0.29) is 5.41 Å². The SMILES string of the molecule is CC(C)(c1ccccc1)c1cccc(S(=O)O)c1. The van der Waals surface area contributed by atoms with E-state index in [1.54, 1.807) is 12.1 Å². The molecule has 2 rings (SSSR count). The van der Waals surface area contributed by atoms with Crippen LogP contribution in [0.5, 0.6) is 0 Å². The molecule has 0 aliphatic heterocycles. The van der Waals surface area contributed by atoms with Gasteiger partial charge in [0.1, 0.15) is 0 Å². The molecule has 2 aromatic carbocycles. The highest BCUT2D eigenvalue weighted by Crippen LogP contribution is 2.31. The van der Waals surface area contributed by atoms with Gasteiger partial charge in [-0.15, -0.1) is 0 Å². The van der Waals surface area contributed by atoms with Crippen molar-refractivity contribution in [3.63, 3.8) is 0 Å². The highest BCUT2D eigenvalue weighted by atomic mass is 32.2. The van der Waals surface area contributed by atoms with E-state index >= 15 is 0 Å². The fraction of sp³-hybridized carbons (Fsp3) is 0.200. The molecule has 2 nitrogen and oxygen atoms in total. The summed E-state index contributed by atoms with van der Waals surface area (Å²) < 4.78 is 20.3. The lowest BCUT2D eigenvalue weighted by molar-refractivity contribution is 0.563. The van der Waals surface area contributed by atoms with Crippen LogP contribution in [0.25, 0.3) is 0 Å². The van der Waals surface area contributed by atoms with Gasteiger partial charge in [-0.1, -0.05) is 56.3 Å². The van der Waals surface area contributed by atoms with Crippen molar-refractivity contribution in [2.24, 2.45) is 0 Å². The summed E-state index contributed by atoms with van der Waals surface area (Å²) in [6, 6.07) is 17.4. The Labute approximate surface area is 110 Å². The molecule has 2 aromatic rings. The van der Waals surface area contributed by atoms with E-state index < -0.39 is 11.1 Å². The van der Waals surface area contributed by atoms with E-state index in [1.165, 1.54) is 5.56 Å². The lowest BCUT2D eigenvalue weighted by Gasteiger charge is -2.26. The van der Waals surface area contributed by atoms with Crippen molar-refractivity contribution in [3.05, 3.63) is 65.7 Å². The molecule has 0 aliphatic rings. The predicted molar refractivity (Wildman–Crippen MR) is 74.0 cm³/mol. The molecule has 0 spiro atoms. The molecule has 1 unspecified atom stereocenters. The smallest absolute Gasteiger partial charge is 0.186 e. The van der Waals surface area contributed by atoms with Gasteiger partial charge in [-0.3, -0.25) is 0 Å². The Balaban J connectivity index is 2.47. The second-order valence-electron chi connectivity index (χ2n) is 4.77. The molecule has 18 heavy (non-hydrogen) atoms. The average Bonchev–Trinajstić information content (AvgIpc) is 2.40. The van der Waals surface area contributed by atoms with Crippen molar-refractivity contribution in [1.29, 1.82) is 0 Å². The minimum Gasteiger partial charge on any atom is -0.302 e. The monoisotopic (exact) mass is 260 g/mol. The largest absolute Gasteiger partial charge is 0.302 e. The van der Waals surface area contributed by atoms with Gasteiger partial charge in [-0.25, -0.2) is 4.21 Å². The molecule has 1 N–H and O–H groups in total. The van der Waals surface area contributed by atoms with E-state index in [0.29, 0.717) is 4.90 Å². The summed E-state index contributed by atoms with van der Waals surface area (Å²) in [6.07, 6.45) is 0. The third kappa shape index (κ3) is 2.52. The Morgan fingerprint density at radius 1 is 0.944 bits per heavy atom. The molecule has 0 aliphatic carbocycles. The zero-order valence-corrected chi connectivity index (χ0v) is 11.3. The zero-order chi connectivity index (χ0) is 13.2. The molecule has 0 saturated heterocycles. The van der Waals surface area contributed by atoms with E-state index in [1.807, 2.05) is 30.3 Å². The minimum atomic E-state index is -1.93. The molecule has 0 amide bonds. The molecule has 0 saturated carbocycles. The Kier molecular flexibility index (Phi) is 3.64. The van der Waals surface area contributed by atoms with Crippen LogP contribution in [0, 0.1) is 0 Å². The van der Waals surface area contributed by atoms with Crippen LogP contribution >= 0.6 is 0 Å². The van der Waals surface area contributed by atoms with Crippen molar-refractivity contribution < 1.29 is 8.76 Å². The fourth-order valence-corrected chi connectivity index (χ4v) is 2.44. The van der Waals surface area contributed by atoms with Crippen molar-refractivity contribution in [1.82, 2.24) is 0 Å². The summed E-state index contributed by atoms with van der Waals surface area (Å²) >= 11 is -1.93. The topological polar surface area (TPSA) is 37.3 Å². The summed E-state index contributed by atoms with van der Waals surface area (Å²) in [5.41, 5.74) is 2.04. The van der Waals surface area contributed by atoms with E-state index in [9.17, 15) is 4.21 Å². The van der Waals surface area contributed by atoms with Crippen LogP contribution in [-0.4, -0.2) is 8.76 Å². The molecular weight excluding hydrogens is 244 g/mol. The zero-order valence-electron chi connectivity index (χ0n) is 10.5. The third-order valence-electron chi connectivity index (χ3n) is 3.25. The number of hydrogen-bond acceptors (Lipinski definition) is 1. The highest BCUT2D eigenvalue weighted by Gasteiger charge is 2.23. The number of hydrogen-bond donors (Lipinski definition) is 1. The van der Waals surface area contributed by atoms with Crippen LogP contribution in [0.15, 0.2) is 59.5 Å². The van der Waals surface area contributed by atoms with Gasteiger partial charge >= 0.3 is 0 Å². The second-order valence-corrected chi connectivity index (χ2v) is 5.74. The normalized spacial score (nSPS) is 13.3. The van der Waals surface area contributed by atoms with Crippen molar-refractivity contribution in [2.75, 3.05) is 0 Å². The quantitative estimate of drug-likeness (QED) is 0.856. The summed E-state index contributed by atoms with van der Waals surface area (Å²) in [7, 11) is 0. The van der Waals surface area contributed by atoms with Crippen LogP contribution < -0.4 is 0 Å². The van der Waals surface area contributed by atoms with Gasteiger partial charge in [0.25, 0.3) is 0 Å². The maximum Gasteiger partial charge on any atom is 0.186 e. The molecule has 94 valence electrons. The Hall–Kier alpha value is -1.45. The van der Waals surface area contributed by atoms with Crippen molar-refractivity contribution >= 4 is 11.1 Å². The molecule has 0 fully saturated rings. The van der Waals surface area contributed by atoms with Crippen LogP contribution in [0.1, 0.15) is 25.0 Å². The molecular formula is C15H16O2S. The molecule has 0 aromatic heterocycles. The molecule has 0 bridgehead atoms. The van der Waals surface area contributed by atoms with Gasteiger partial charge in [0.15, 0.2) is 11.1 Å². The van der Waals surface area contributed by atoms with E-state index in [2.05, 4.69) is 26.0 Å². The van der Waals surface area contributed by atoms with Gasteiger partial charge in [0.2, 0.25) is 0 Å². The summed E-state index contributed by atoms with van der Waals surface area (Å²) in [4.78, 5) is 0.441. The lowest BCUT2D eigenvalue weighted by Crippen LogP contribution is -2.18. The average molecular weight is 260 g/mol. The molecule has 0 radical (unpaired) electrons. The third-order valence-corrected chi connectivity index (χ3v) is 3.91. The highest BCUT2D eigenvalue weighted by molar-refractivity contribution is 7.79. The second kappa shape index (κ2) is 5.04. The van der Waals surface area contributed by atoms with Gasteiger partial charge in [-0.2, -0.15) is 0 Å². The van der Waals surface area contributed by atoms with Gasteiger partial charge in [0, 0.05) is 5.41 Å². The van der Waals surface area contributed by atoms with Crippen LogP contribution in [0.2, 0.25) is 0 Å². The Morgan fingerprint density at radius 3 is 2.17 bits per heavy atom. The first-order valence-corrected chi connectivity index (χ1v) is 6.89. The maximum absolute atomic E-state index is 11.1. The number of rotatable bonds is 3. The Bertz CT molecular complexity index is 562. The molecule has 0 heterocycles. The summed E-state index contributed by atoms with van der Waals surface area (Å²) in [6.45, 7) is 4.23. The van der Waals surface area contributed by atoms with Gasteiger partial charge in [0.05, 0.1) is 4.90 Å². The molecule has 3 heteroatoms. The first-order valence-electron chi connectivity index (χ1n) is 5.79. The van der Waals surface area contributed by atoms with Gasteiger partial charge in [-0.05, 0) is 23.3 Å². The lowest BCUT2D eigenvalue weighted by atomic mass is 9.78. The Morgan fingerprint density at radius 2 is 1.56 bits per heavy atom. The van der Waals surface area contributed by atoms with Crippen molar-refractivity contribution in [3.8, 4) is 0 Å². The summed E-state index contributed by atoms with van der Waals surface area (Å²) in [5, 5.41) is 0. The van der Waals surface area contributed by atoms with Crippen molar-refractivity contribution in [2.45, 2.75) is 24.2 Å². The maximum atomic E-state index is 11.1. The van der Waals surface area contributed by atoms with Crippen LogP contribution in [0.4, 0.5) is 0 Å². The fourth-order valence-electron chi connectivity index (χ4n) is 2.01. The van der Waals surface area contributed by atoms with Crippen LogP contribution in [-0.2, 0) is 16.5 Å². The van der Waals surface area contributed by atoms with E-state index in [4.69, 9.17) is 4.55 Å².